The minimum atomic E-state index is -1.04. The fraction of sp³-hybridized carbons (Fsp3) is 0.375. The Hall–Kier alpha value is -2.67. The van der Waals surface area contributed by atoms with Gasteiger partial charge in [0.1, 0.15) is 12.1 Å². The normalized spacial score (nSPS) is 20.7. The van der Waals surface area contributed by atoms with Crippen LogP contribution in [0.25, 0.3) is 0 Å². The number of rotatable bonds is 6. The Morgan fingerprint density at radius 2 is 1.90 bits per heavy atom. The maximum absolute atomic E-state index is 13.4. The molecule has 1 aliphatic carbocycles. The van der Waals surface area contributed by atoms with Crippen molar-refractivity contribution in [3.8, 4) is 0 Å². The van der Waals surface area contributed by atoms with Gasteiger partial charge in [-0.3, -0.25) is 14.5 Å². The van der Waals surface area contributed by atoms with Crippen molar-refractivity contribution in [3.05, 3.63) is 69.7 Å². The summed E-state index contributed by atoms with van der Waals surface area (Å²) in [5.74, 6) is -0.572. The topological polar surface area (TPSA) is 69.7 Å². The lowest BCUT2D eigenvalue weighted by Crippen LogP contribution is -2.45. The van der Waals surface area contributed by atoms with E-state index in [0.29, 0.717) is 13.0 Å². The minimum Gasteiger partial charge on any atom is -0.334 e. The quantitative estimate of drug-likeness (QED) is 0.627. The molecule has 0 radical (unpaired) electrons. The van der Waals surface area contributed by atoms with E-state index in [2.05, 4.69) is 21.2 Å². The summed E-state index contributed by atoms with van der Waals surface area (Å²) in [6, 6.07) is 14.8. The summed E-state index contributed by atoms with van der Waals surface area (Å²) in [5.41, 5.74) is 1.86. The molecule has 31 heavy (non-hydrogen) atoms. The highest BCUT2D eigenvalue weighted by atomic mass is 79.9. The number of fused-ring (bicyclic) bond motifs is 2. The van der Waals surface area contributed by atoms with Crippen LogP contribution in [-0.2, 0) is 21.5 Å². The second kappa shape index (κ2) is 8.46. The van der Waals surface area contributed by atoms with Gasteiger partial charge >= 0.3 is 6.03 Å². The fourth-order valence-electron chi connectivity index (χ4n) is 4.72. The van der Waals surface area contributed by atoms with Crippen molar-refractivity contribution in [1.29, 1.82) is 0 Å². The zero-order valence-corrected chi connectivity index (χ0v) is 19.3. The number of hydrogen-bond acceptors (Lipinski definition) is 3. The predicted octanol–water partition coefficient (Wildman–Crippen LogP) is 4.14. The van der Waals surface area contributed by atoms with E-state index in [1.807, 2.05) is 62.4 Å². The van der Waals surface area contributed by atoms with E-state index in [1.165, 1.54) is 0 Å². The Balaban J connectivity index is 1.56. The smallest absolute Gasteiger partial charge is 0.325 e. The first-order chi connectivity index (χ1) is 14.9. The number of hydrogen-bond donors (Lipinski definition) is 1. The van der Waals surface area contributed by atoms with Gasteiger partial charge in [0.25, 0.3) is 5.91 Å². The van der Waals surface area contributed by atoms with Crippen molar-refractivity contribution in [2.24, 2.45) is 0 Å². The maximum Gasteiger partial charge on any atom is 0.325 e. The molecule has 2 unspecified atom stereocenters. The third-order valence-electron chi connectivity index (χ3n) is 6.32. The Morgan fingerprint density at radius 3 is 2.65 bits per heavy atom. The molecule has 1 fully saturated rings. The van der Waals surface area contributed by atoms with Gasteiger partial charge in [0.2, 0.25) is 5.91 Å². The number of urea groups is 1. The average molecular weight is 484 g/mol. The van der Waals surface area contributed by atoms with Gasteiger partial charge in [0.05, 0.1) is 6.04 Å². The van der Waals surface area contributed by atoms with Gasteiger partial charge in [-0.15, -0.1) is 0 Å². The number of benzene rings is 2. The first kappa shape index (κ1) is 21.6. The molecule has 162 valence electrons. The number of imide groups is 1. The van der Waals surface area contributed by atoms with Crippen molar-refractivity contribution < 1.29 is 14.4 Å². The van der Waals surface area contributed by atoms with E-state index < -0.39 is 11.6 Å². The Morgan fingerprint density at radius 1 is 1.19 bits per heavy atom. The molecule has 1 spiro atoms. The van der Waals surface area contributed by atoms with E-state index >= 15 is 0 Å². The highest BCUT2D eigenvalue weighted by Gasteiger charge is 2.55. The molecule has 0 aromatic heterocycles. The van der Waals surface area contributed by atoms with Crippen molar-refractivity contribution in [2.75, 3.05) is 13.1 Å². The van der Waals surface area contributed by atoms with Crippen LogP contribution in [0, 0.1) is 0 Å². The molecule has 7 heteroatoms. The molecule has 1 heterocycles. The largest absolute Gasteiger partial charge is 0.334 e. The zero-order chi connectivity index (χ0) is 22.2. The molecule has 1 saturated heterocycles. The van der Waals surface area contributed by atoms with Gasteiger partial charge in [-0.1, -0.05) is 65.3 Å². The van der Waals surface area contributed by atoms with E-state index in [-0.39, 0.29) is 24.4 Å². The van der Waals surface area contributed by atoms with Crippen LogP contribution in [-0.4, -0.2) is 40.7 Å². The molecule has 6 nitrogen and oxygen atoms in total. The van der Waals surface area contributed by atoms with Crippen LogP contribution in [0.15, 0.2) is 53.0 Å². The summed E-state index contributed by atoms with van der Waals surface area (Å²) in [7, 11) is 0. The predicted molar refractivity (Wildman–Crippen MR) is 121 cm³/mol. The van der Waals surface area contributed by atoms with Gasteiger partial charge in [0.15, 0.2) is 0 Å². The lowest BCUT2D eigenvalue weighted by Gasteiger charge is -2.31. The molecule has 4 amide bonds. The second-order valence-electron chi connectivity index (χ2n) is 8.17. The molecule has 0 bridgehead atoms. The first-order valence-corrected chi connectivity index (χ1v) is 11.4. The molecule has 2 aromatic rings. The minimum absolute atomic E-state index is 0.190. The molecular weight excluding hydrogens is 458 g/mol. The summed E-state index contributed by atoms with van der Waals surface area (Å²) >= 11 is 3.56. The van der Waals surface area contributed by atoms with Crippen LogP contribution in [0.1, 0.15) is 49.4 Å². The van der Waals surface area contributed by atoms with Crippen LogP contribution >= 0.6 is 15.9 Å². The third kappa shape index (κ3) is 3.65. The number of aryl methyl sites for hydroxylation is 1. The second-order valence-corrected chi connectivity index (χ2v) is 9.02. The number of halogens is 1. The number of carbonyl (C=O) groups excluding carboxylic acids is 3. The fourth-order valence-corrected chi connectivity index (χ4v) is 5.33. The van der Waals surface area contributed by atoms with Crippen molar-refractivity contribution in [2.45, 2.75) is 44.7 Å². The number of amides is 4. The lowest BCUT2D eigenvalue weighted by molar-refractivity contribution is -0.140. The standard InChI is InChI=1S/C24H26BrN3O3/c1-3-14-27(16(2)18-9-5-7-11-20(18)25)21(29)15-28-22(30)24(26-23(28)31)13-12-17-8-4-6-10-19(17)24/h4-11,16H,3,12-15H2,1-2H3,(H,26,31). The summed E-state index contributed by atoms with van der Waals surface area (Å²) in [6.07, 6.45) is 2.02. The monoisotopic (exact) mass is 483 g/mol. The van der Waals surface area contributed by atoms with Crippen molar-refractivity contribution >= 4 is 33.8 Å². The van der Waals surface area contributed by atoms with E-state index in [0.717, 1.165) is 38.9 Å². The van der Waals surface area contributed by atoms with Crippen LogP contribution in [0.4, 0.5) is 4.79 Å². The van der Waals surface area contributed by atoms with Crippen LogP contribution in [0.3, 0.4) is 0 Å². The van der Waals surface area contributed by atoms with E-state index in [4.69, 9.17) is 0 Å². The summed E-state index contributed by atoms with van der Waals surface area (Å²) < 4.78 is 0.924. The van der Waals surface area contributed by atoms with Gasteiger partial charge in [-0.05, 0) is 48.9 Å². The summed E-state index contributed by atoms with van der Waals surface area (Å²) in [5, 5.41) is 2.89. The number of nitrogens with zero attached hydrogens (tertiary/aromatic N) is 2. The van der Waals surface area contributed by atoms with Crippen molar-refractivity contribution in [3.63, 3.8) is 0 Å². The average Bonchev–Trinajstić information content (AvgIpc) is 3.25. The maximum atomic E-state index is 13.4. The zero-order valence-electron chi connectivity index (χ0n) is 17.7. The summed E-state index contributed by atoms with van der Waals surface area (Å²) in [4.78, 5) is 42.3. The molecule has 4 rings (SSSR count). The number of nitrogens with one attached hydrogen (secondary N) is 1. The molecule has 2 atom stereocenters. The summed E-state index contributed by atoms with van der Waals surface area (Å²) in [6.45, 7) is 4.25. The molecule has 2 aliphatic rings. The van der Waals surface area contributed by atoms with Crippen LogP contribution in [0.5, 0.6) is 0 Å². The third-order valence-corrected chi connectivity index (χ3v) is 7.05. The molecule has 1 aliphatic heterocycles. The van der Waals surface area contributed by atoms with E-state index in [1.54, 1.807) is 4.90 Å². The highest BCUT2D eigenvalue weighted by Crippen LogP contribution is 2.41. The Bertz CT molecular complexity index is 1040. The van der Waals surface area contributed by atoms with Gasteiger partial charge < -0.3 is 10.2 Å². The molecule has 0 saturated carbocycles. The van der Waals surface area contributed by atoms with Gasteiger partial charge in [0, 0.05) is 11.0 Å². The van der Waals surface area contributed by atoms with Crippen LogP contribution < -0.4 is 5.32 Å². The molecule has 2 aromatic carbocycles. The number of carbonyl (C=O) groups is 3. The SMILES string of the molecule is CCCN(C(=O)CN1C(=O)NC2(CCc3ccccc32)C1=O)C(C)c1ccccc1Br. The van der Waals surface area contributed by atoms with Gasteiger partial charge in [-0.25, -0.2) is 4.79 Å². The molecule has 1 N–H and O–H groups in total. The van der Waals surface area contributed by atoms with E-state index in [9.17, 15) is 14.4 Å². The van der Waals surface area contributed by atoms with Crippen LogP contribution in [0.2, 0.25) is 0 Å². The first-order valence-electron chi connectivity index (χ1n) is 10.7. The molecular formula is C24H26BrN3O3. The van der Waals surface area contributed by atoms with Gasteiger partial charge in [-0.2, -0.15) is 0 Å². The van der Waals surface area contributed by atoms with Crippen molar-refractivity contribution in [1.82, 2.24) is 15.1 Å². The highest BCUT2D eigenvalue weighted by molar-refractivity contribution is 9.10. The Labute approximate surface area is 190 Å². The Kier molecular flexibility index (Phi) is 5.88. The lowest BCUT2D eigenvalue weighted by atomic mass is 9.92.